The van der Waals surface area contributed by atoms with Crippen molar-refractivity contribution in [1.29, 1.82) is 0 Å². The summed E-state index contributed by atoms with van der Waals surface area (Å²) in [6, 6.07) is 2.43. The Morgan fingerprint density at radius 3 is 2.48 bits per heavy atom. The first-order valence-corrected chi connectivity index (χ1v) is 7.73. The molecule has 1 heterocycles. The Labute approximate surface area is 134 Å². The minimum atomic E-state index is -0.898. The average Bonchev–Trinajstić information content (AvgIpc) is 3.13. The number of esters is 1. The maximum atomic E-state index is 12.3. The number of amides is 2. The molecule has 0 bridgehead atoms. The number of ether oxygens (including phenoxy) is 1. The average molecular weight is 322 g/mol. The van der Waals surface area contributed by atoms with Crippen LogP contribution in [0.25, 0.3) is 0 Å². The Balaban J connectivity index is 1.92. The van der Waals surface area contributed by atoms with Crippen LogP contribution < -0.4 is 10.6 Å². The summed E-state index contributed by atoms with van der Waals surface area (Å²) in [6.07, 6.45) is 2.40. The summed E-state index contributed by atoms with van der Waals surface area (Å²) in [5.41, 5.74) is 0. The smallest absolute Gasteiger partial charge is 0.329 e. The molecule has 126 valence electrons. The summed E-state index contributed by atoms with van der Waals surface area (Å²) in [5, 5.41) is 5.35. The van der Waals surface area contributed by atoms with Crippen LogP contribution in [0, 0.1) is 5.92 Å². The molecule has 0 spiro atoms. The molecule has 0 radical (unpaired) electrons. The van der Waals surface area contributed by atoms with Crippen molar-refractivity contribution in [3.05, 3.63) is 24.2 Å². The zero-order chi connectivity index (χ0) is 17.0. The van der Waals surface area contributed by atoms with E-state index in [2.05, 4.69) is 10.6 Å². The van der Waals surface area contributed by atoms with Gasteiger partial charge in [0.1, 0.15) is 6.04 Å². The zero-order valence-electron chi connectivity index (χ0n) is 13.5. The van der Waals surface area contributed by atoms with Crippen molar-refractivity contribution >= 4 is 17.8 Å². The lowest BCUT2D eigenvalue weighted by atomic mass is 10.0. The number of hydrogen-bond donors (Lipinski definition) is 2. The maximum Gasteiger partial charge on any atom is 0.329 e. The molecule has 1 aromatic rings. The van der Waals surface area contributed by atoms with Crippen LogP contribution in [0.15, 0.2) is 22.8 Å². The number of rotatable bonds is 7. The first-order valence-electron chi connectivity index (χ1n) is 7.73. The van der Waals surface area contributed by atoms with Gasteiger partial charge in [-0.25, -0.2) is 4.79 Å². The van der Waals surface area contributed by atoms with Crippen molar-refractivity contribution in [2.75, 3.05) is 0 Å². The number of carbonyl (C=O) groups excluding carboxylic acids is 3. The summed E-state index contributed by atoms with van der Waals surface area (Å²) in [6.45, 7) is 5.08. The van der Waals surface area contributed by atoms with Crippen molar-refractivity contribution in [3.8, 4) is 0 Å². The van der Waals surface area contributed by atoms with E-state index in [-0.39, 0.29) is 23.6 Å². The summed E-state index contributed by atoms with van der Waals surface area (Å²) in [7, 11) is 0. The molecular formula is C16H22N2O5. The highest BCUT2D eigenvalue weighted by Gasteiger charge is 2.31. The lowest BCUT2D eigenvalue weighted by Crippen LogP contribution is -2.47. The maximum absolute atomic E-state index is 12.3. The summed E-state index contributed by atoms with van der Waals surface area (Å²) in [4.78, 5) is 36.1. The van der Waals surface area contributed by atoms with Crippen LogP contribution in [-0.2, 0) is 14.3 Å². The number of furan rings is 1. The van der Waals surface area contributed by atoms with Crippen LogP contribution in [-0.4, -0.2) is 36.0 Å². The molecule has 2 atom stereocenters. The fraction of sp³-hybridized carbons (Fsp3) is 0.562. The van der Waals surface area contributed by atoms with Crippen LogP contribution in [0.1, 0.15) is 44.2 Å². The lowest BCUT2D eigenvalue weighted by molar-refractivity contribution is -0.157. The van der Waals surface area contributed by atoms with Gasteiger partial charge in [-0.3, -0.25) is 9.59 Å². The SMILES string of the molecule is CC(C)[C@H](NC(=O)c1ccco1)C(=O)O[C@@H](C)C(=O)NC1CC1. The van der Waals surface area contributed by atoms with Crippen LogP contribution in [0.2, 0.25) is 0 Å². The molecule has 0 aliphatic heterocycles. The van der Waals surface area contributed by atoms with E-state index in [0.29, 0.717) is 0 Å². The Morgan fingerprint density at radius 1 is 1.26 bits per heavy atom. The monoisotopic (exact) mass is 322 g/mol. The topological polar surface area (TPSA) is 97.6 Å². The van der Waals surface area contributed by atoms with E-state index in [1.54, 1.807) is 19.9 Å². The molecule has 1 saturated carbocycles. The van der Waals surface area contributed by atoms with Crippen molar-refractivity contribution < 1.29 is 23.5 Å². The molecule has 1 fully saturated rings. The second-order valence-electron chi connectivity index (χ2n) is 6.03. The first-order chi connectivity index (χ1) is 10.9. The van der Waals surface area contributed by atoms with E-state index in [9.17, 15) is 14.4 Å². The molecule has 7 heteroatoms. The third kappa shape index (κ3) is 4.84. The Morgan fingerprint density at radius 2 is 1.96 bits per heavy atom. The summed E-state index contributed by atoms with van der Waals surface area (Å²) < 4.78 is 10.2. The lowest BCUT2D eigenvalue weighted by Gasteiger charge is -2.22. The standard InChI is InChI=1S/C16H22N2O5/c1-9(2)13(18-15(20)12-5-4-8-22-12)16(21)23-10(3)14(19)17-11-6-7-11/h4-5,8-11,13H,6-7H2,1-3H3,(H,17,19)(H,18,20)/t10-,13-/m0/s1. The number of hydrogen-bond acceptors (Lipinski definition) is 5. The molecular weight excluding hydrogens is 300 g/mol. The minimum Gasteiger partial charge on any atom is -0.459 e. The third-order valence-electron chi connectivity index (χ3n) is 3.54. The third-order valence-corrected chi connectivity index (χ3v) is 3.54. The van der Waals surface area contributed by atoms with E-state index < -0.39 is 24.0 Å². The molecule has 23 heavy (non-hydrogen) atoms. The van der Waals surface area contributed by atoms with E-state index in [0.717, 1.165) is 12.8 Å². The molecule has 2 N–H and O–H groups in total. The van der Waals surface area contributed by atoms with Gasteiger partial charge >= 0.3 is 5.97 Å². The molecule has 2 amide bonds. The molecule has 0 saturated heterocycles. The van der Waals surface area contributed by atoms with Crippen molar-refractivity contribution in [1.82, 2.24) is 10.6 Å². The second-order valence-corrected chi connectivity index (χ2v) is 6.03. The van der Waals surface area contributed by atoms with Gasteiger partial charge in [-0.2, -0.15) is 0 Å². The van der Waals surface area contributed by atoms with Gasteiger partial charge in [-0.15, -0.1) is 0 Å². The highest BCUT2D eigenvalue weighted by molar-refractivity contribution is 5.95. The summed E-state index contributed by atoms with van der Waals surface area (Å²) in [5.74, 6) is -1.54. The fourth-order valence-electron chi connectivity index (χ4n) is 1.97. The van der Waals surface area contributed by atoms with E-state index in [1.807, 2.05) is 0 Å². The minimum absolute atomic E-state index is 0.114. The zero-order valence-corrected chi connectivity index (χ0v) is 13.5. The van der Waals surface area contributed by atoms with Crippen molar-refractivity contribution in [2.24, 2.45) is 5.92 Å². The molecule has 0 aromatic carbocycles. The molecule has 1 aliphatic carbocycles. The highest BCUT2D eigenvalue weighted by atomic mass is 16.5. The second kappa shape index (κ2) is 7.30. The van der Waals surface area contributed by atoms with Gasteiger partial charge in [0.05, 0.1) is 6.26 Å². The Bertz CT molecular complexity index is 563. The van der Waals surface area contributed by atoms with E-state index >= 15 is 0 Å². The van der Waals surface area contributed by atoms with Crippen LogP contribution in [0.4, 0.5) is 0 Å². The van der Waals surface area contributed by atoms with Crippen molar-refractivity contribution in [3.63, 3.8) is 0 Å². The first kappa shape index (κ1) is 17.1. The molecule has 0 unspecified atom stereocenters. The van der Waals surface area contributed by atoms with E-state index in [1.165, 1.54) is 19.3 Å². The Kier molecular flexibility index (Phi) is 5.41. The van der Waals surface area contributed by atoms with Gasteiger partial charge in [0.2, 0.25) is 0 Å². The summed E-state index contributed by atoms with van der Waals surface area (Å²) >= 11 is 0. The number of carbonyl (C=O) groups is 3. The van der Waals surface area contributed by atoms with Crippen molar-refractivity contribution in [2.45, 2.75) is 51.8 Å². The van der Waals surface area contributed by atoms with Gasteiger partial charge in [-0.05, 0) is 37.8 Å². The molecule has 2 rings (SSSR count). The molecule has 7 nitrogen and oxygen atoms in total. The van der Waals surface area contributed by atoms with Crippen LogP contribution >= 0.6 is 0 Å². The fourth-order valence-corrected chi connectivity index (χ4v) is 1.97. The quantitative estimate of drug-likeness (QED) is 0.736. The molecule has 1 aliphatic rings. The predicted molar refractivity (Wildman–Crippen MR) is 81.5 cm³/mol. The van der Waals surface area contributed by atoms with Gasteiger partial charge in [0.25, 0.3) is 11.8 Å². The van der Waals surface area contributed by atoms with Gasteiger partial charge in [-0.1, -0.05) is 13.8 Å². The normalized spacial score (nSPS) is 16.5. The van der Waals surface area contributed by atoms with Crippen LogP contribution in [0.3, 0.4) is 0 Å². The Hall–Kier alpha value is -2.31. The number of nitrogens with one attached hydrogen (secondary N) is 2. The highest BCUT2D eigenvalue weighted by Crippen LogP contribution is 2.19. The van der Waals surface area contributed by atoms with Gasteiger partial charge in [0.15, 0.2) is 11.9 Å². The van der Waals surface area contributed by atoms with Gasteiger partial charge < -0.3 is 19.8 Å². The predicted octanol–water partition coefficient (Wildman–Crippen LogP) is 1.24. The van der Waals surface area contributed by atoms with Crippen LogP contribution in [0.5, 0.6) is 0 Å². The van der Waals surface area contributed by atoms with Gasteiger partial charge in [0, 0.05) is 6.04 Å². The van der Waals surface area contributed by atoms with E-state index in [4.69, 9.17) is 9.15 Å². The molecule has 1 aromatic heterocycles. The largest absolute Gasteiger partial charge is 0.459 e.